The van der Waals surface area contributed by atoms with Gasteiger partial charge in [-0.15, -0.1) is 0 Å². The molecule has 7 nitrogen and oxygen atoms in total. The maximum Gasteiger partial charge on any atom is 0.326 e. The summed E-state index contributed by atoms with van der Waals surface area (Å²) >= 11 is 0. The summed E-state index contributed by atoms with van der Waals surface area (Å²) in [6.45, 7) is 8.43. The van der Waals surface area contributed by atoms with E-state index in [2.05, 4.69) is 15.3 Å². The van der Waals surface area contributed by atoms with Gasteiger partial charge in [0.2, 0.25) is 0 Å². The first kappa shape index (κ1) is 17.0. The molecule has 0 aliphatic rings. The average molecular weight is 296 g/mol. The molecule has 0 aromatic carbocycles. The zero-order chi connectivity index (χ0) is 16.0. The van der Waals surface area contributed by atoms with E-state index < -0.39 is 12.0 Å². The lowest BCUT2D eigenvalue weighted by Crippen LogP contribution is -2.51. The zero-order valence-electron chi connectivity index (χ0n) is 13.0. The minimum atomic E-state index is -1.06. The molecule has 1 heterocycles. The molecule has 0 spiro atoms. The molecule has 21 heavy (non-hydrogen) atoms. The summed E-state index contributed by atoms with van der Waals surface area (Å²) in [4.78, 5) is 31.9. The fourth-order valence-electron chi connectivity index (χ4n) is 1.97. The van der Waals surface area contributed by atoms with Crippen LogP contribution >= 0.6 is 0 Å². The standard InChI is InChI=1S/C14H24N4O3/c1-9(2)7-18(10(3)4)14(21)17-12(13(19)20)5-11-6-15-8-16-11/h6,8-10,12H,5,7H2,1-4H3,(H,15,16)(H,17,21)(H,19,20). The largest absolute Gasteiger partial charge is 0.480 e. The monoisotopic (exact) mass is 296 g/mol. The third-order valence-electron chi connectivity index (χ3n) is 3.02. The Balaban J connectivity index is 2.72. The van der Waals surface area contributed by atoms with E-state index in [0.29, 0.717) is 18.2 Å². The predicted octanol–water partition coefficient (Wildman–Crippen LogP) is 1.48. The molecule has 118 valence electrons. The predicted molar refractivity (Wildman–Crippen MR) is 78.9 cm³/mol. The number of imidazole rings is 1. The van der Waals surface area contributed by atoms with E-state index in [4.69, 9.17) is 0 Å². The number of aliphatic carboxylic acids is 1. The van der Waals surface area contributed by atoms with Crippen LogP contribution in [0.15, 0.2) is 12.5 Å². The summed E-state index contributed by atoms with van der Waals surface area (Å²) in [5.74, 6) is -0.750. The Bertz CT molecular complexity index is 457. The topological polar surface area (TPSA) is 98.3 Å². The van der Waals surface area contributed by atoms with Crippen LogP contribution in [0.2, 0.25) is 0 Å². The second kappa shape index (κ2) is 7.66. The number of H-pyrrole nitrogens is 1. The van der Waals surface area contributed by atoms with Crippen LogP contribution in [0.5, 0.6) is 0 Å². The van der Waals surface area contributed by atoms with Crippen molar-refractivity contribution in [1.82, 2.24) is 20.2 Å². The van der Waals surface area contributed by atoms with E-state index in [9.17, 15) is 14.7 Å². The molecule has 0 saturated carbocycles. The SMILES string of the molecule is CC(C)CN(C(=O)NC(Cc1cnc[nH]1)C(=O)O)C(C)C. The number of carbonyl (C=O) groups excluding carboxylic acids is 1. The van der Waals surface area contributed by atoms with Crippen LogP contribution < -0.4 is 5.32 Å². The molecular weight excluding hydrogens is 272 g/mol. The Labute approximate surface area is 124 Å². The number of aromatic nitrogens is 2. The second-order valence-electron chi connectivity index (χ2n) is 5.76. The van der Waals surface area contributed by atoms with Gasteiger partial charge in [0.15, 0.2) is 0 Å². The summed E-state index contributed by atoms with van der Waals surface area (Å²) in [7, 11) is 0. The molecule has 0 aliphatic carbocycles. The number of carboxylic acids is 1. The molecule has 1 rings (SSSR count). The van der Waals surface area contributed by atoms with Gasteiger partial charge in [0.05, 0.1) is 6.33 Å². The van der Waals surface area contributed by atoms with Crippen LogP contribution in [-0.2, 0) is 11.2 Å². The van der Waals surface area contributed by atoms with Crippen molar-refractivity contribution >= 4 is 12.0 Å². The van der Waals surface area contributed by atoms with Crippen molar-refractivity contribution in [3.63, 3.8) is 0 Å². The van der Waals surface area contributed by atoms with E-state index in [1.807, 2.05) is 27.7 Å². The van der Waals surface area contributed by atoms with Crippen LogP contribution in [0, 0.1) is 5.92 Å². The summed E-state index contributed by atoms with van der Waals surface area (Å²) < 4.78 is 0. The van der Waals surface area contributed by atoms with Crippen LogP contribution in [-0.4, -0.2) is 50.6 Å². The molecule has 7 heteroatoms. The minimum absolute atomic E-state index is 0.00833. The molecule has 0 aliphatic heterocycles. The fourth-order valence-corrected chi connectivity index (χ4v) is 1.97. The van der Waals surface area contributed by atoms with Crippen molar-refractivity contribution in [2.45, 2.75) is 46.2 Å². The van der Waals surface area contributed by atoms with Crippen LogP contribution in [0.25, 0.3) is 0 Å². The molecule has 1 aromatic rings. The van der Waals surface area contributed by atoms with E-state index in [-0.39, 0.29) is 18.5 Å². The van der Waals surface area contributed by atoms with Crippen molar-refractivity contribution < 1.29 is 14.7 Å². The summed E-state index contributed by atoms with van der Waals surface area (Å²) in [6.07, 6.45) is 3.21. The Morgan fingerprint density at radius 2 is 2.05 bits per heavy atom. The normalized spacial score (nSPS) is 12.5. The van der Waals surface area contributed by atoms with Gasteiger partial charge in [0.1, 0.15) is 6.04 Å². The number of amides is 2. The Kier molecular flexibility index (Phi) is 6.20. The number of carboxylic acid groups (broad SMARTS) is 1. The number of nitrogens with zero attached hydrogens (tertiary/aromatic N) is 2. The second-order valence-corrected chi connectivity index (χ2v) is 5.76. The lowest BCUT2D eigenvalue weighted by molar-refractivity contribution is -0.139. The van der Waals surface area contributed by atoms with Crippen LogP contribution in [0.1, 0.15) is 33.4 Å². The molecule has 0 saturated heterocycles. The third kappa shape index (κ3) is 5.45. The third-order valence-corrected chi connectivity index (χ3v) is 3.02. The molecule has 1 atom stereocenters. The average Bonchev–Trinajstić information content (AvgIpc) is 2.87. The first-order chi connectivity index (χ1) is 9.81. The van der Waals surface area contributed by atoms with Crippen molar-refractivity contribution in [3.05, 3.63) is 18.2 Å². The highest BCUT2D eigenvalue weighted by molar-refractivity contribution is 5.82. The highest BCUT2D eigenvalue weighted by Crippen LogP contribution is 2.06. The van der Waals surface area contributed by atoms with Gasteiger partial charge in [-0.05, 0) is 19.8 Å². The van der Waals surface area contributed by atoms with Gasteiger partial charge in [-0.1, -0.05) is 13.8 Å². The quantitative estimate of drug-likeness (QED) is 0.709. The van der Waals surface area contributed by atoms with Gasteiger partial charge in [-0.3, -0.25) is 0 Å². The van der Waals surface area contributed by atoms with E-state index >= 15 is 0 Å². The molecule has 0 radical (unpaired) electrons. The van der Waals surface area contributed by atoms with Gasteiger partial charge < -0.3 is 20.3 Å². The summed E-state index contributed by atoms with van der Waals surface area (Å²) in [6, 6.07) is -1.33. The van der Waals surface area contributed by atoms with Gasteiger partial charge in [-0.25, -0.2) is 14.6 Å². The summed E-state index contributed by atoms with van der Waals surface area (Å²) in [5.41, 5.74) is 0.669. The van der Waals surface area contributed by atoms with Gasteiger partial charge in [0.25, 0.3) is 0 Å². The number of carbonyl (C=O) groups is 2. The number of urea groups is 1. The maximum absolute atomic E-state index is 12.3. The number of aromatic amines is 1. The van der Waals surface area contributed by atoms with Crippen molar-refractivity contribution in [3.8, 4) is 0 Å². The van der Waals surface area contributed by atoms with Crippen LogP contribution in [0.3, 0.4) is 0 Å². The molecule has 0 fully saturated rings. The molecule has 3 N–H and O–H groups in total. The Morgan fingerprint density at radius 3 is 2.48 bits per heavy atom. The Morgan fingerprint density at radius 1 is 1.38 bits per heavy atom. The van der Waals surface area contributed by atoms with E-state index in [1.54, 1.807) is 11.1 Å². The molecule has 1 unspecified atom stereocenters. The van der Waals surface area contributed by atoms with E-state index in [0.717, 1.165) is 0 Å². The molecule has 1 aromatic heterocycles. The van der Waals surface area contributed by atoms with E-state index in [1.165, 1.54) is 6.33 Å². The molecule has 0 bridgehead atoms. The Hall–Kier alpha value is -2.05. The minimum Gasteiger partial charge on any atom is -0.480 e. The number of rotatable bonds is 7. The summed E-state index contributed by atoms with van der Waals surface area (Å²) in [5, 5.41) is 11.8. The first-order valence-electron chi connectivity index (χ1n) is 7.08. The van der Waals surface area contributed by atoms with Gasteiger partial charge >= 0.3 is 12.0 Å². The number of nitrogens with one attached hydrogen (secondary N) is 2. The fraction of sp³-hybridized carbons (Fsp3) is 0.643. The lowest BCUT2D eigenvalue weighted by atomic mass is 10.1. The maximum atomic E-state index is 12.3. The molecular formula is C14H24N4O3. The zero-order valence-corrected chi connectivity index (χ0v) is 13.0. The number of hydrogen-bond donors (Lipinski definition) is 3. The van der Waals surface area contributed by atoms with Crippen molar-refractivity contribution in [2.75, 3.05) is 6.54 Å². The van der Waals surface area contributed by atoms with Crippen molar-refractivity contribution in [1.29, 1.82) is 0 Å². The van der Waals surface area contributed by atoms with Gasteiger partial charge in [0, 0.05) is 30.9 Å². The smallest absolute Gasteiger partial charge is 0.326 e. The number of hydrogen-bond acceptors (Lipinski definition) is 3. The first-order valence-corrected chi connectivity index (χ1v) is 7.08. The van der Waals surface area contributed by atoms with Gasteiger partial charge in [-0.2, -0.15) is 0 Å². The highest BCUT2D eigenvalue weighted by atomic mass is 16.4. The van der Waals surface area contributed by atoms with Crippen molar-refractivity contribution in [2.24, 2.45) is 5.92 Å². The lowest BCUT2D eigenvalue weighted by Gasteiger charge is -2.30. The highest BCUT2D eigenvalue weighted by Gasteiger charge is 2.25. The molecule has 2 amide bonds. The van der Waals surface area contributed by atoms with Crippen LogP contribution in [0.4, 0.5) is 4.79 Å².